The fourth-order valence-corrected chi connectivity index (χ4v) is 1.50. The van der Waals surface area contributed by atoms with Gasteiger partial charge in [-0.25, -0.2) is 0 Å². The highest BCUT2D eigenvalue weighted by molar-refractivity contribution is 4.87. The zero-order chi connectivity index (χ0) is 9.30. The summed E-state index contributed by atoms with van der Waals surface area (Å²) in [5.41, 5.74) is 0. The Morgan fingerprint density at radius 3 is 2.25 bits per heavy atom. The van der Waals surface area contributed by atoms with Gasteiger partial charge in [-0.2, -0.15) is 0 Å². The van der Waals surface area contributed by atoms with Crippen molar-refractivity contribution in [3.8, 4) is 0 Å². The zero-order valence-electron chi connectivity index (χ0n) is 7.34. The maximum Gasteiger partial charge on any atom is 0.106 e. The highest BCUT2D eigenvalue weighted by atomic mass is 16.5. The number of ether oxygens (including phenoxy) is 1. The molecule has 4 heteroatoms. The minimum Gasteiger partial charge on any atom is -0.394 e. The van der Waals surface area contributed by atoms with Gasteiger partial charge in [-0.1, -0.05) is 6.92 Å². The van der Waals surface area contributed by atoms with Crippen LogP contribution in [-0.2, 0) is 4.74 Å². The summed E-state index contributed by atoms with van der Waals surface area (Å²) in [5.74, 6) is -0.221. The van der Waals surface area contributed by atoms with Gasteiger partial charge in [0, 0.05) is 5.92 Å². The minimum absolute atomic E-state index is 0.116. The van der Waals surface area contributed by atoms with E-state index in [-0.39, 0.29) is 18.6 Å². The molecule has 5 atom stereocenters. The van der Waals surface area contributed by atoms with Gasteiger partial charge in [-0.15, -0.1) is 0 Å². The third-order valence-corrected chi connectivity index (χ3v) is 2.53. The minimum atomic E-state index is -0.845. The smallest absolute Gasteiger partial charge is 0.106 e. The fraction of sp³-hybridized carbons (Fsp3) is 1.00. The molecular weight excluding hydrogens is 160 g/mol. The van der Waals surface area contributed by atoms with Crippen LogP contribution in [0.4, 0.5) is 0 Å². The quantitative estimate of drug-likeness (QED) is 0.485. The van der Waals surface area contributed by atoms with E-state index in [9.17, 15) is 10.2 Å². The number of hydrogen-bond acceptors (Lipinski definition) is 4. The second-order valence-corrected chi connectivity index (χ2v) is 3.40. The molecule has 72 valence electrons. The molecule has 4 nitrogen and oxygen atoms in total. The lowest BCUT2D eigenvalue weighted by Gasteiger charge is -2.39. The zero-order valence-corrected chi connectivity index (χ0v) is 7.34. The first-order valence-corrected chi connectivity index (χ1v) is 4.20. The molecule has 1 aliphatic rings. The van der Waals surface area contributed by atoms with Crippen LogP contribution in [0, 0.1) is 5.92 Å². The van der Waals surface area contributed by atoms with E-state index in [0.29, 0.717) is 0 Å². The Bertz CT molecular complexity index is 145. The van der Waals surface area contributed by atoms with E-state index < -0.39 is 18.3 Å². The number of hydrogen-bond donors (Lipinski definition) is 3. The van der Waals surface area contributed by atoms with Gasteiger partial charge in [-0.05, 0) is 6.92 Å². The van der Waals surface area contributed by atoms with Crippen molar-refractivity contribution in [3.05, 3.63) is 0 Å². The molecule has 3 unspecified atom stereocenters. The second kappa shape index (κ2) is 3.70. The number of aliphatic hydroxyl groups excluding tert-OH is 3. The Labute approximate surface area is 71.8 Å². The van der Waals surface area contributed by atoms with Crippen molar-refractivity contribution in [3.63, 3.8) is 0 Å². The molecule has 1 heterocycles. The van der Waals surface area contributed by atoms with Crippen LogP contribution >= 0.6 is 0 Å². The van der Waals surface area contributed by atoms with Gasteiger partial charge in [-0.3, -0.25) is 0 Å². The van der Waals surface area contributed by atoms with Crippen molar-refractivity contribution < 1.29 is 20.1 Å². The molecule has 1 rings (SSSR count). The van der Waals surface area contributed by atoms with Gasteiger partial charge < -0.3 is 20.1 Å². The van der Waals surface area contributed by atoms with Gasteiger partial charge in [0.2, 0.25) is 0 Å². The Kier molecular flexibility index (Phi) is 3.06. The summed E-state index contributed by atoms with van der Waals surface area (Å²) in [7, 11) is 0. The van der Waals surface area contributed by atoms with E-state index in [1.165, 1.54) is 0 Å². The molecule has 0 aromatic carbocycles. The summed E-state index contributed by atoms with van der Waals surface area (Å²) in [5, 5.41) is 27.7. The summed E-state index contributed by atoms with van der Waals surface area (Å²) >= 11 is 0. The molecule has 1 fully saturated rings. The van der Waals surface area contributed by atoms with Gasteiger partial charge in [0.05, 0.1) is 24.9 Å². The summed E-state index contributed by atoms with van der Waals surface area (Å²) in [6.07, 6.45) is -2.42. The summed E-state index contributed by atoms with van der Waals surface area (Å²) in [6.45, 7) is 3.32. The maximum absolute atomic E-state index is 9.48. The first-order chi connectivity index (χ1) is 5.57. The van der Waals surface area contributed by atoms with E-state index in [4.69, 9.17) is 9.84 Å². The van der Waals surface area contributed by atoms with Gasteiger partial charge in [0.15, 0.2) is 0 Å². The van der Waals surface area contributed by atoms with Crippen LogP contribution in [-0.4, -0.2) is 46.3 Å². The van der Waals surface area contributed by atoms with Crippen molar-refractivity contribution in [1.29, 1.82) is 0 Å². The molecule has 0 aromatic heterocycles. The molecule has 0 saturated carbocycles. The largest absolute Gasteiger partial charge is 0.394 e. The predicted octanol–water partition coefficient (Wildman–Crippen LogP) is -0.876. The lowest BCUT2D eigenvalue weighted by Crippen LogP contribution is -2.53. The second-order valence-electron chi connectivity index (χ2n) is 3.40. The molecule has 0 aromatic rings. The van der Waals surface area contributed by atoms with Crippen LogP contribution < -0.4 is 0 Å². The van der Waals surface area contributed by atoms with E-state index in [2.05, 4.69) is 0 Å². The summed E-state index contributed by atoms with van der Waals surface area (Å²) in [6, 6.07) is 0. The third kappa shape index (κ3) is 1.61. The van der Waals surface area contributed by atoms with Crippen LogP contribution in [0.5, 0.6) is 0 Å². The van der Waals surface area contributed by atoms with Gasteiger partial charge in [0.25, 0.3) is 0 Å². The highest BCUT2D eigenvalue weighted by Crippen LogP contribution is 2.25. The van der Waals surface area contributed by atoms with Crippen LogP contribution in [0.3, 0.4) is 0 Å². The highest BCUT2D eigenvalue weighted by Gasteiger charge is 2.39. The Morgan fingerprint density at radius 1 is 1.17 bits per heavy atom. The molecule has 0 spiro atoms. The monoisotopic (exact) mass is 176 g/mol. The maximum atomic E-state index is 9.48. The van der Waals surface area contributed by atoms with Crippen molar-refractivity contribution in [2.45, 2.75) is 38.3 Å². The van der Waals surface area contributed by atoms with E-state index in [0.717, 1.165) is 0 Å². The lowest BCUT2D eigenvalue weighted by atomic mass is 9.89. The SMILES string of the molecule is C[C@H]1C(CO)O[C@@H](C)C(O)C1O. The summed E-state index contributed by atoms with van der Waals surface area (Å²) in [4.78, 5) is 0. The fourth-order valence-electron chi connectivity index (χ4n) is 1.50. The topological polar surface area (TPSA) is 69.9 Å². The molecule has 0 amide bonds. The molecule has 3 N–H and O–H groups in total. The van der Waals surface area contributed by atoms with Crippen LogP contribution in [0.15, 0.2) is 0 Å². The van der Waals surface area contributed by atoms with Gasteiger partial charge in [0.1, 0.15) is 6.10 Å². The molecular formula is C8H16O4. The first kappa shape index (κ1) is 9.92. The van der Waals surface area contributed by atoms with Crippen molar-refractivity contribution in [2.75, 3.05) is 6.61 Å². The molecule has 0 radical (unpaired) electrons. The molecule has 1 aliphatic heterocycles. The average Bonchev–Trinajstić information content (AvgIpc) is 2.08. The van der Waals surface area contributed by atoms with Crippen molar-refractivity contribution in [1.82, 2.24) is 0 Å². The Balaban J connectivity index is 2.63. The summed E-state index contributed by atoms with van der Waals surface area (Å²) < 4.78 is 5.27. The lowest BCUT2D eigenvalue weighted by molar-refractivity contribution is -0.198. The standard InChI is InChI=1S/C8H16O4/c1-4-6(3-9)12-5(2)8(11)7(4)10/h4-11H,3H2,1-2H3/t4-,5-,6?,7?,8?/m0/s1. The predicted molar refractivity (Wildman–Crippen MR) is 42.6 cm³/mol. The van der Waals surface area contributed by atoms with E-state index in [1.807, 2.05) is 0 Å². The number of aliphatic hydroxyl groups is 3. The average molecular weight is 176 g/mol. The Morgan fingerprint density at radius 2 is 1.75 bits per heavy atom. The van der Waals surface area contributed by atoms with Crippen LogP contribution in [0.2, 0.25) is 0 Å². The van der Waals surface area contributed by atoms with E-state index >= 15 is 0 Å². The Hall–Kier alpha value is -0.160. The van der Waals surface area contributed by atoms with Gasteiger partial charge >= 0.3 is 0 Å². The van der Waals surface area contributed by atoms with Crippen molar-refractivity contribution in [2.24, 2.45) is 5.92 Å². The first-order valence-electron chi connectivity index (χ1n) is 4.20. The van der Waals surface area contributed by atoms with Crippen molar-refractivity contribution >= 4 is 0 Å². The normalized spacial score (nSPS) is 49.2. The number of rotatable bonds is 1. The molecule has 0 aliphatic carbocycles. The molecule has 0 bridgehead atoms. The van der Waals surface area contributed by atoms with Crippen LogP contribution in [0.1, 0.15) is 13.8 Å². The van der Waals surface area contributed by atoms with Crippen LogP contribution in [0.25, 0.3) is 0 Å². The molecule has 12 heavy (non-hydrogen) atoms. The molecule has 1 saturated heterocycles. The third-order valence-electron chi connectivity index (χ3n) is 2.53. The van der Waals surface area contributed by atoms with E-state index in [1.54, 1.807) is 13.8 Å².